The minimum atomic E-state index is 0.438. The van der Waals surface area contributed by atoms with Gasteiger partial charge in [0.25, 0.3) is 0 Å². The maximum absolute atomic E-state index is 5.43. The van der Waals surface area contributed by atoms with Crippen LogP contribution in [0.2, 0.25) is 0 Å². The second-order valence-corrected chi connectivity index (χ2v) is 4.89. The summed E-state index contributed by atoms with van der Waals surface area (Å²) in [6, 6.07) is 1.70. The maximum atomic E-state index is 5.43. The number of thiocarbonyl (C=S) groups is 1. The molecule has 0 aliphatic carbocycles. The summed E-state index contributed by atoms with van der Waals surface area (Å²) in [5.41, 5.74) is 0. The van der Waals surface area contributed by atoms with Crippen molar-refractivity contribution in [1.29, 1.82) is 0 Å². The summed E-state index contributed by atoms with van der Waals surface area (Å²) in [4.78, 5) is 2.38. The summed E-state index contributed by atoms with van der Waals surface area (Å²) in [5.74, 6) is 0. The van der Waals surface area contributed by atoms with Gasteiger partial charge in [0.05, 0.1) is 0 Å². The number of hydrogen-bond donors (Lipinski definition) is 1. The van der Waals surface area contributed by atoms with Gasteiger partial charge in [0.1, 0.15) is 0 Å². The van der Waals surface area contributed by atoms with E-state index in [-0.39, 0.29) is 0 Å². The molecule has 1 N–H and O–H groups in total. The molecule has 0 aromatic rings. The Balaban J connectivity index is 2.59. The van der Waals surface area contributed by atoms with E-state index in [0.29, 0.717) is 18.1 Å². The molecule has 1 aliphatic rings. The summed E-state index contributed by atoms with van der Waals surface area (Å²) in [7, 11) is 0. The van der Waals surface area contributed by atoms with Gasteiger partial charge in [-0.25, -0.2) is 0 Å². The topological polar surface area (TPSA) is 15.3 Å². The number of rotatable bonds is 2. The van der Waals surface area contributed by atoms with E-state index < -0.39 is 0 Å². The van der Waals surface area contributed by atoms with Crippen molar-refractivity contribution in [3.63, 3.8) is 0 Å². The lowest BCUT2D eigenvalue weighted by Gasteiger charge is -2.31. The van der Waals surface area contributed by atoms with Gasteiger partial charge in [-0.1, -0.05) is 6.92 Å². The third-order valence-electron chi connectivity index (χ3n) is 2.90. The molecule has 14 heavy (non-hydrogen) atoms. The number of likely N-dealkylation sites (tertiary alicyclic amines) is 1. The van der Waals surface area contributed by atoms with E-state index >= 15 is 0 Å². The summed E-state index contributed by atoms with van der Waals surface area (Å²) in [5, 5.41) is 4.28. The maximum Gasteiger partial charge on any atom is 0.169 e. The molecule has 0 amide bonds. The van der Waals surface area contributed by atoms with Crippen LogP contribution in [0.3, 0.4) is 0 Å². The van der Waals surface area contributed by atoms with E-state index in [4.69, 9.17) is 12.2 Å². The summed E-state index contributed by atoms with van der Waals surface area (Å²) in [6.07, 6.45) is 3.76. The lowest BCUT2D eigenvalue weighted by molar-refractivity contribution is 0.314. The minimum Gasteiger partial charge on any atom is -0.360 e. The number of nitrogens with zero attached hydrogens (tertiary/aromatic N) is 1. The molecule has 3 heteroatoms. The fraction of sp³-hybridized carbons (Fsp3) is 0.909. The third-order valence-corrected chi connectivity index (χ3v) is 3.23. The van der Waals surface area contributed by atoms with Crippen molar-refractivity contribution in [2.75, 3.05) is 0 Å². The third kappa shape index (κ3) is 2.59. The van der Waals surface area contributed by atoms with Crippen molar-refractivity contribution >= 4 is 17.3 Å². The minimum absolute atomic E-state index is 0.438. The lowest BCUT2D eigenvalue weighted by atomic mass is 10.2. The molecule has 1 saturated heterocycles. The van der Waals surface area contributed by atoms with Crippen LogP contribution < -0.4 is 5.32 Å². The molecular weight excluding hydrogens is 192 g/mol. The van der Waals surface area contributed by atoms with Crippen LogP contribution in [0.1, 0.15) is 47.0 Å². The Bertz CT molecular complexity index is 203. The molecule has 0 aromatic carbocycles. The van der Waals surface area contributed by atoms with Gasteiger partial charge in [-0.2, -0.15) is 0 Å². The second-order valence-electron chi connectivity index (χ2n) is 4.50. The summed E-state index contributed by atoms with van der Waals surface area (Å²) >= 11 is 5.43. The molecule has 1 aliphatic heterocycles. The Morgan fingerprint density at radius 3 is 2.64 bits per heavy atom. The van der Waals surface area contributed by atoms with Crippen LogP contribution in [0.15, 0.2) is 0 Å². The Morgan fingerprint density at radius 2 is 2.14 bits per heavy atom. The smallest absolute Gasteiger partial charge is 0.169 e. The highest BCUT2D eigenvalue weighted by Crippen LogP contribution is 2.25. The first-order chi connectivity index (χ1) is 6.56. The van der Waals surface area contributed by atoms with E-state index in [1.165, 1.54) is 19.3 Å². The number of nitrogens with one attached hydrogen (secondary N) is 1. The predicted molar refractivity (Wildman–Crippen MR) is 65.5 cm³/mol. The van der Waals surface area contributed by atoms with Crippen molar-refractivity contribution in [2.45, 2.75) is 65.1 Å². The van der Waals surface area contributed by atoms with E-state index in [2.05, 4.69) is 37.9 Å². The van der Waals surface area contributed by atoms with Crippen LogP contribution in [0, 0.1) is 0 Å². The van der Waals surface area contributed by atoms with Crippen molar-refractivity contribution in [3.05, 3.63) is 0 Å². The Labute approximate surface area is 93.1 Å². The lowest BCUT2D eigenvalue weighted by Crippen LogP contribution is -2.47. The second kappa shape index (κ2) is 4.96. The molecule has 0 radical (unpaired) electrons. The van der Waals surface area contributed by atoms with Crippen LogP contribution in [0.5, 0.6) is 0 Å². The van der Waals surface area contributed by atoms with Gasteiger partial charge >= 0.3 is 0 Å². The van der Waals surface area contributed by atoms with Crippen LogP contribution >= 0.6 is 12.2 Å². The van der Waals surface area contributed by atoms with Crippen LogP contribution in [-0.2, 0) is 0 Å². The van der Waals surface area contributed by atoms with E-state index in [0.717, 1.165) is 5.11 Å². The van der Waals surface area contributed by atoms with Gasteiger partial charge < -0.3 is 10.2 Å². The molecule has 0 bridgehead atoms. The number of hydrogen-bond acceptors (Lipinski definition) is 1. The summed E-state index contributed by atoms with van der Waals surface area (Å²) < 4.78 is 0. The molecule has 0 spiro atoms. The zero-order valence-corrected chi connectivity index (χ0v) is 10.5. The van der Waals surface area contributed by atoms with Crippen molar-refractivity contribution in [1.82, 2.24) is 10.2 Å². The molecule has 1 heterocycles. The van der Waals surface area contributed by atoms with Gasteiger partial charge in [0, 0.05) is 18.1 Å². The molecular formula is C11H22N2S. The van der Waals surface area contributed by atoms with E-state index in [1.807, 2.05) is 0 Å². The highest BCUT2D eigenvalue weighted by molar-refractivity contribution is 7.80. The normalized spacial score (nSPS) is 27.1. The monoisotopic (exact) mass is 214 g/mol. The fourth-order valence-corrected chi connectivity index (χ4v) is 2.72. The van der Waals surface area contributed by atoms with Gasteiger partial charge in [-0.05, 0) is 52.3 Å². The fourth-order valence-electron chi connectivity index (χ4n) is 2.16. The molecule has 0 saturated carbocycles. The SMILES string of the molecule is CCC1CCC(C)N1C(=S)NC(C)C. The first-order valence-electron chi connectivity index (χ1n) is 5.65. The average Bonchev–Trinajstić information content (AvgIpc) is 2.45. The van der Waals surface area contributed by atoms with Gasteiger partial charge in [0.15, 0.2) is 5.11 Å². The Hall–Kier alpha value is -0.310. The van der Waals surface area contributed by atoms with Gasteiger partial charge in [-0.15, -0.1) is 0 Å². The molecule has 2 nitrogen and oxygen atoms in total. The van der Waals surface area contributed by atoms with Crippen molar-refractivity contribution < 1.29 is 0 Å². The van der Waals surface area contributed by atoms with Gasteiger partial charge in [0.2, 0.25) is 0 Å². The largest absolute Gasteiger partial charge is 0.360 e. The van der Waals surface area contributed by atoms with Crippen LogP contribution in [0.25, 0.3) is 0 Å². The Kier molecular flexibility index (Phi) is 4.17. The summed E-state index contributed by atoms with van der Waals surface area (Å²) in [6.45, 7) is 8.78. The van der Waals surface area contributed by atoms with Crippen molar-refractivity contribution in [3.8, 4) is 0 Å². The Morgan fingerprint density at radius 1 is 1.50 bits per heavy atom. The predicted octanol–water partition coefficient (Wildman–Crippen LogP) is 2.53. The zero-order valence-electron chi connectivity index (χ0n) is 9.71. The molecule has 0 aromatic heterocycles. The molecule has 1 fully saturated rings. The molecule has 2 unspecified atom stereocenters. The zero-order chi connectivity index (χ0) is 10.7. The van der Waals surface area contributed by atoms with E-state index in [9.17, 15) is 0 Å². The van der Waals surface area contributed by atoms with Crippen molar-refractivity contribution in [2.24, 2.45) is 0 Å². The van der Waals surface area contributed by atoms with E-state index in [1.54, 1.807) is 0 Å². The molecule has 82 valence electrons. The average molecular weight is 214 g/mol. The molecule has 2 atom stereocenters. The standard InChI is InChI=1S/C11H22N2S/c1-5-10-7-6-9(4)13(10)11(14)12-8(2)3/h8-10H,5-7H2,1-4H3,(H,12,14). The first kappa shape index (κ1) is 11.8. The van der Waals surface area contributed by atoms with Gasteiger partial charge in [-0.3, -0.25) is 0 Å². The first-order valence-corrected chi connectivity index (χ1v) is 6.05. The highest BCUT2D eigenvalue weighted by atomic mass is 32.1. The quantitative estimate of drug-likeness (QED) is 0.711. The van der Waals surface area contributed by atoms with Crippen LogP contribution in [-0.4, -0.2) is 28.1 Å². The van der Waals surface area contributed by atoms with Crippen LogP contribution in [0.4, 0.5) is 0 Å². The highest BCUT2D eigenvalue weighted by Gasteiger charge is 2.30. The molecule has 1 rings (SSSR count).